The molecule has 96 valence electrons. The summed E-state index contributed by atoms with van der Waals surface area (Å²) < 4.78 is 0. The number of hydrogen-bond acceptors (Lipinski definition) is 3. The minimum Gasteiger partial charge on any atom is -0.393 e. The van der Waals surface area contributed by atoms with Gasteiger partial charge in [0.1, 0.15) is 0 Å². The van der Waals surface area contributed by atoms with Crippen molar-refractivity contribution in [2.45, 2.75) is 52.7 Å². The van der Waals surface area contributed by atoms with Crippen molar-refractivity contribution in [1.29, 1.82) is 0 Å². The van der Waals surface area contributed by atoms with E-state index in [1.165, 1.54) is 0 Å². The number of hydrogen-bond donors (Lipinski definition) is 2. The van der Waals surface area contributed by atoms with Gasteiger partial charge >= 0.3 is 0 Å². The highest BCUT2D eigenvalue weighted by atomic mass is 16.3. The van der Waals surface area contributed by atoms with Crippen LogP contribution in [0.5, 0.6) is 0 Å². The molecule has 0 amide bonds. The molecule has 2 atom stereocenters. The SMILES string of the molecule is CC(O)C1CCN(C(CN)C(C)(C)C)CC1. The van der Waals surface area contributed by atoms with E-state index in [1.807, 2.05) is 6.92 Å². The van der Waals surface area contributed by atoms with Gasteiger partial charge in [-0.1, -0.05) is 20.8 Å². The summed E-state index contributed by atoms with van der Waals surface area (Å²) in [4.78, 5) is 2.50. The molecule has 0 aromatic heterocycles. The van der Waals surface area contributed by atoms with Crippen LogP contribution in [-0.2, 0) is 0 Å². The fourth-order valence-corrected chi connectivity index (χ4v) is 2.76. The predicted molar refractivity (Wildman–Crippen MR) is 68.3 cm³/mol. The molecule has 1 aliphatic rings. The van der Waals surface area contributed by atoms with Crippen LogP contribution in [0.3, 0.4) is 0 Å². The van der Waals surface area contributed by atoms with Crippen LogP contribution in [0.15, 0.2) is 0 Å². The van der Waals surface area contributed by atoms with Crippen LogP contribution in [0, 0.1) is 11.3 Å². The summed E-state index contributed by atoms with van der Waals surface area (Å²) in [6.07, 6.45) is 2.04. The fourth-order valence-electron chi connectivity index (χ4n) is 2.76. The van der Waals surface area contributed by atoms with Crippen molar-refractivity contribution in [3.8, 4) is 0 Å². The molecular formula is C13H28N2O. The highest BCUT2D eigenvalue weighted by Gasteiger charge is 2.32. The summed E-state index contributed by atoms with van der Waals surface area (Å²) >= 11 is 0. The summed E-state index contributed by atoms with van der Waals surface area (Å²) in [7, 11) is 0. The molecule has 3 heteroatoms. The van der Waals surface area contributed by atoms with E-state index in [1.54, 1.807) is 0 Å². The first-order chi connectivity index (χ1) is 7.36. The van der Waals surface area contributed by atoms with Crippen molar-refractivity contribution in [3.63, 3.8) is 0 Å². The van der Waals surface area contributed by atoms with Gasteiger partial charge < -0.3 is 10.8 Å². The molecule has 0 saturated carbocycles. The summed E-state index contributed by atoms with van der Waals surface area (Å²) in [5.74, 6) is 0.481. The van der Waals surface area contributed by atoms with Crippen LogP contribution in [-0.4, -0.2) is 41.8 Å². The lowest BCUT2D eigenvalue weighted by atomic mass is 9.83. The standard InChI is InChI=1S/C13H28N2O/c1-10(16)11-5-7-15(8-6-11)12(9-14)13(2,3)4/h10-12,16H,5-9,14H2,1-4H3. The molecule has 0 aromatic rings. The second-order valence-electron chi connectivity index (χ2n) is 6.23. The average molecular weight is 228 g/mol. The van der Waals surface area contributed by atoms with Gasteiger partial charge in [0.15, 0.2) is 0 Å². The quantitative estimate of drug-likeness (QED) is 0.769. The molecule has 2 unspecified atom stereocenters. The Morgan fingerprint density at radius 2 is 1.81 bits per heavy atom. The molecule has 3 nitrogen and oxygen atoms in total. The fraction of sp³-hybridized carbons (Fsp3) is 1.00. The third-order valence-corrected chi connectivity index (χ3v) is 3.92. The van der Waals surface area contributed by atoms with Gasteiger partial charge in [-0.25, -0.2) is 0 Å². The molecule has 16 heavy (non-hydrogen) atoms. The Labute approximate surface area is 100 Å². The van der Waals surface area contributed by atoms with E-state index in [-0.39, 0.29) is 11.5 Å². The minimum absolute atomic E-state index is 0.159. The van der Waals surface area contributed by atoms with E-state index in [9.17, 15) is 5.11 Å². The molecule has 1 heterocycles. The Kier molecular flexibility index (Phi) is 4.77. The number of nitrogens with two attached hydrogens (primary N) is 1. The van der Waals surface area contributed by atoms with Crippen molar-refractivity contribution < 1.29 is 5.11 Å². The molecule has 0 spiro atoms. The first kappa shape index (κ1) is 13.9. The molecule has 0 radical (unpaired) electrons. The van der Waals surface area contributed by atoms with E-state index < -0.39 is 0 Å². The normalized spacial score (nSPS) is 24.4. The maximum atomic E-state index is 9.58. The van der Waals surface area contributed by atoms with Crippen molar-refractivity contribution in [2.75, 3.05) is 19.6 Å². The Hall–Kier alpha value is -0.120. The van der Waals surface area contributed by atoms with Crippen LogP contribution in [0.4, 0.5) is 0 Å². The van der Waals surface area contributed by atoms with Gasteiger partial charge in [-0.2, -0.15) is 0 Å². The summed E-state index contributed by atoms with van der Waals surface area (Å²) in [5, 5.41) is 9.58. The number of rotatable bonds is 3. The molecule has 0 bridgehead atoms. The van der Waals surface area contributed by atoms with Crippen LogP contribution >= 0.6 is 0 Å². The zero-order valence-corrected chi connectivity index (χ0v) is 11.2. The van der Waals surface area contributed by atoms with Crippen LogP contribution in [0.1, 0.15) is 40.5 Å². The summed E-state index contributed by atoms with van der Waals surface area (Å²) in [6.45, 7) is 11.6. The highest BCUT2D eigenvalue weighted by Crippen LogP contribution is 2.28. The van der Waals surface area contributed by atoms with Crippen molar-refractivity contribution >= 4 is 0 Å². The smallest absolute Gasteiger partial charge is 0.0541 e. The predicted octanol–water partition coefficient (Wildman–Crippen LogP) is 1.45. The maximum absolute atomic E-state index is 9.58. The largest absolute Gasteiger partial charge is 0.393 e. The van der Waals surface area contributed by atoms with E-state index >= 15 is 0 Å². The Bertz CT molecular complexity index is 202. The van der Waals surface area contributed by atoms with Crippen molar-refractivity contribution in [2.24, 2.45) is 17.1 Å². The Morgan fingerprint density at radius 3 is 2.12 bits per heavy atom. The van der Waals surface area contributed by atoms with E-state index in [2.05, 4.69) is 25.7 Å². The van der Waals surface area contributed by atoms with Crippen LogP contribution in [0.25, 0.3) is 0 Å². The third-order valence-electron chi connectivity index (χ3n) is 3.92. The molecule has 1 saturated heterocycles. The van der Waals surface area contributed by atoms with Crippen molar-refractivity contribution in [3.05, 3.63) is 0 Å². The van der Waals surface area contributed by atoms with Crippen LogP contribution < -0.4 is 5.73 Å². The number of nitrogens with zero attached hydrogens (tertiary/aromatic N) is 1. The molecule has 0 aliphatic carbocycles. The summed E-state index contributed by atoms with van der Waals surface area (Å²) in [5.41, 5.74) is 6.14. The molecular weight excluding hydrogens is 200 g/mol. The lowest BCUT2D eigenvalue weighted by Crippen LogP contribution is -2.52. The number of aliphatic hydroxyl groups excluding tert-OH is 1. The number of likely N-dealkylation sites (tertiary alicyclic amines) is 1. The molecule has 3 N–H and O–H groups in total. The maximum Gasteiger partial charge on any atom is 0.0541 e. The monoisotopic (exact) mass is 228 g/mol. The van der Waals surface area contributed by atoms with Gasteiger partial charge in [0, 0.05) is 12.6 Å². The number of piperidine rings is 1. The molecule has 0 aromatic carbocycles. The summed E-state index contributed by atoms with van der Waals surface area (Å²) in [6, 6.07) is 0.461. The van der Waals surface area contributed by atoms with E-state index in [0.29, 0.717) is 12.0 Å². The second-order valence-corrected chi connectivity index (χ2v) is 6.23. The van der Waals surface area contributed by atoms with Gasteiger partial charge in [-0.3, -0.25) is 4.90 Å². The Balaban J connectivity index is 2.52. The van der Waals surface area contributed by atoms with Gasteiger partial charge in [0.2, 0.25) is 0 Å². The Morgan fingerprint density at radius 1 is 1.31 bits per heavy atom. The zero-order valence-electron chi connectivity index (χ0n) is 11.2. The zero-order chi connectivity index (χ0) is 12.3. The van der Waals surface area contributed by atoms with Gasteiger partial charge in [-0.05, 0) is 44.2 Å². The van der Waals surface area contributed by atoms with Crippen molar-refractivity contribution in [1.82, 2.24) is 4.90 Å². The lowest BCUT2D eigenvalue weighted by molar-refractivity contribution is 0.0301. The third kappa shape index (κ3) is 3.44. The van der Waals surface area contributed by atoms with E-state index in [4.69, 9.17) is 5.73 Å². The lowest BCUT2D eigenvalue weighted by Gasteiger charge is -2.43. The molecule has 1 rings (SSSR count). The van der Waals surface area contributed by atoms with E-state index in [0.717, 1.165) is 32.5 Å². The molecule has 1 fully saturated rings. The first-order valence-corrected chi connectivity index (χ1v) is 6.48. The topological polar surface area (TPSA) is 49.5 Å². The molecule has 1 aliphatic heterocycles. The minimum atomic E-state index is -0.159. The van der Waals surface area contributed by atoms with Gasteiger partial charge in [0.25, 0.3) is 0 Å². The number of aliphatic hydroxyl groups is 1. The average Bonchev–Trinajstić information content (AvgIpc) is 2.17. The first-order valence-electron chi connectivity index (χ1n) is 6.48. The van der Waals surface area contributed by atoms with Crippen LogP contribution in [0.2, 0.25) is 0 Å². The highest BCUT2D eigenvalue weighted by molar-refractivity contribution is 4.87. The second kappa shape index (κ2) is 5.48. The van der Waals surface area contributed by atoms with Gasteiger partial charge in [-0.15, -0.1) is 0 Å². The van der Waals surface area contributed by atoms with Gasteiger partial charge in [0.05, 0.1) is 6.10 Å².